The van der Waals surface area contributed by atoms with Crippen LogP contribution < -0.4 is 10.1 Å². The summed E-state index contributed by atoms with van der Waals surface area (Å²) in [5, 5.41) is 3.37. The summed E-state index contributed by atoms with van der Waals surface area (Å²) in [7, 11) is 1.64. The molecule has 1 heterocycles. The summed E-state index contributed by atoms with van der Waals surface area (Å²) in [6, 6.07) is 12.2. The smallest absolute Gasteiger partial charge is 0.218 e. The van der Waals surface area contributed by atoms with Crippen LogP contribution in [0.25, 0.3) is 0 Å². The lowest BCUT2D eigenvalue weighted by molar-refractivity contribution is 0.143. The molecule has 0 amide bonds. The summed E-state index contributed by atoms with van der Waals surface area (Å²) < 4.78 is 10.5. The lowest BCUT2D eigenvalue weighted by Crippen LogP contribution is -2.10. The Morgan fingerprint density at radius 3 is 2.62 bits per heavy atom. The second-order valence-corrected chi connectivity index (χ2v) is 4.76. The summed E-state index contributed by atoms with van der Waals surface area (Å²) in [5.74, 6) is 1.99. The number of aromatic nitrogens is 2. The molecule has 0 bridgehead atoms. The highest BCUT2D eigenvalue weighted by atomic mass is 16.5. The van der Waals surface area contributed by atoms with Gasteiger partial charge in [0.25, 0.3) is 0 Å². The summed E-state index contributed by atoms with van der Waals surface area (Å²) in [6.07, 6.45) is 0. The maximum Gasteiger partial charge on any atom is 0.218 e. The summed E-state index contributed by atoms with van der Waals surface area (Å²) in [6.45, 7) is 4.95. The molecule has 0 saturated carbocycles. The van der Waals surface area contributed by atoms with Crippen LogP contribution in [0.15, 0.2) is 36.4 Å². The van der Waals surface area contributed by atoms with E-state index in [0.29, 0.717) is 24.9 Å². The minimum absolute atomic E-state index is 0.160. The van der Waals surface area contributed by atoms with Gasteiger partial charge in [-0.3, -0.25) is 0 Å². The molecular weight excluding hydrogens is 266 g/mol. The van der Waals surface area contributed by atoms with Crippen LogP contribution in [0, 0.1) is 6.92 Å². The quantitative estimate of drug-likeness (QED) is 0.793. The monoisotopic (exact) mass is 287 g/mol. The summed E-state index contributed by atoms with van der Waals surface area (Å²) in [4.78, 5) is 8.65. The third-order valence-electron chi connectivity index (χ3n) is 3.02. The van der Waals surface area contributed by atoms with Crippen LogP contribution in [0.5, 0.6) is 5.88 Å². The van der Waals surface area contributed by atoms with E-state index in [-0.39, 0.29) is 6.04 Å². The van der Waals surface area contributed by atoms with Crippen molar-refractivity contribution < 1.29 is 9.47 Å². The van der Waals surface area contributed by atoms with Gasteiger partial charge in [-0.25, -0.2) is 4.98 Å². The van der Waals surface area contributed by atoms with Gasteiger partial charge in [-0.1, -0.05) is 30.3 Å². The first-order valence-corrected chi connectivity index (χ1v) is 6.98. The number of hydrogen-bond acceptors (Lipinski definition) is 5. The molecule has 1 atom stereocenters. The highest BCUT2D eigenvalue weighted by Gasteiger charge is 2.08. The molecule has 21 heavy (non-hydrogen) atoms. The summed E-state index contributed by atoms with van der Waals surface area (Å²) >= 11 is 0. The van der Waals surface area contributed by atoms with Gasteiger partial charge in [0.05, 0.1) is 6.61 Å². The van der Waals surface area contributed by atoms with Crippen LogP contribution >= 0.6 is 0 Å². The molecular formula is C16H21N3O2. The van der Waals surface area contributed by atoms with Crippen molar-refractivity contribution in [3.05, 3.63) is 47.8 Å². The molecule has 1 aromatic heterocycles. The van der Waals surface area contributed by atoms with E-state index >= 15 is 0 Å². The predicted molar refractivity (Wildman–Crippen MR) is 82.6 cm³/mol. The fourth-order valence-electron chi connectivity index (χ4n) is 1.96. The Balaban J connectivity index is 2.05. The number of benzene rings is 1. The maximum absolute atomic E-state index is 5.54. The molecule has 5 nitrogen and oxygen atoms in total. The maximum atomic E-state index is 5.54. The standard InChI is InChI=1S/C16H21N3O2/c1-12(14-7-5-4-6-8-14)17-15-11-16(19-13(2)18-15)21-10-9-20-3/h4-8,11-12H,9-10H2,1-3H3,(H,17,18,19). The molecule has 0 saturated heterocycles. The molecule has 2 rings (SSSR count). The minimum atomic E-state index is 0.160. The highest BCUT2D eigenvalue weighted by Crippen LogP contribution is 2.20. The molecule has 2 aromatic rings. The Bertz CT molecular complexity index is 561. The van der Waals surface area contributed by atoms with E-state index in [4.69, 9.17) is 9.47 Å². The number of anilines is 1. The number of aryl methyl sites for hydroxylation is 1. The molecule has 0 aliphatic rings. The molecule has 0 aliphatic heterocycles. The Morgan fingerprint density at radius 1 is 1.14 bits per heavy atom. The highest BCUT2D eigenvalue weighted by molar-refractivity contribution is 5.41. The number of methoxy groups -OCH3 is 1. The second kappa shape index (κ2) is 7.59. The van der Waals surface area contributed by atoms with Crippen LogP contribution in [0.3, 0.4) is 0 Å². The Labute approximate surface area is 125 Å². The lowest BCUT2D eigenvalue weighted by atomic mass is 10.1. The van der Waals surface area contributed by atoms with Crippen molar-refractivity contribution in [2.75, 3.05) is 25.6 Å². The van der Waals surface area contributed by atoms with E-state index in [0.717, 1.165) is 5.82 Å². The Morgan fingerprint density at radius 2 is 1.90 bits per heavy atom. The third-order valence-corrected chi connectivity index (χ3v) is 3.02. The average Bonchev–Trinajstić information content (AvgIpc) is 2.48. The molecule has 1 aromatic carbocycles. The van der Waals surface area contributed by atoms with Gasteiger partial charge < -0.3 is 14.8 Å². The van der Waals surface area contributed by atoms with Crippen molar-refractivity contribution in [3.63, 3.8) is 0 Å². The Kier molecular flexibility index (Phi) is 5.51. The van der Waals surface area contributed by atoms with Gasteiger partial charge in [-0.2, -0.15) is 4.98 Å². The van der Waals surface area contributed by atoms with E-state index in [1.54, 1.807) is 7.11 Å². The van der Waals surface area contributed by atoms with Gasteiger partial charge in [0.1, 0.15) is 18.2 Å². The molecule has 1 N–H and O–H groups in total. The molecule has 1 unspecified atom stereocenters. The van der Waals surface area contributed by atoms with Gasteiger partial charge in [-0.15, -0.1) is 0 Å². The first kappa shape index (κ1) is 15.3. The van der Waals surface area contributed by atoms with Crippen molar-refractivity contribution >= 4 is 5.82 Å². The van der Waals surface area contributed by atoms with Gasteiger partial charge in [0.2, 0.25) is 5.88 Å². The third kappa shape index (κ3) is 4.72. The number of hydrogen-bond donors (Lipinski definition) is 1. The van der Waals surface area contributed by atoms with Gasteiger partial charge in [0.15, 0.2) is 0 Å². The van der Waals surface area contributed by atoms with E-state index in [2.05, 4.69) is 34.3 Å². The predicted octanol–water partition coefficient (Wildman–Crippen LogP) is 2.98. The van der Waals surface area contributed by atoms with Gasteiger partial charge in [0, 0.05) is 19.2 Å². The van der Waals surface area contributed by atoms with Gasteiger partial charge in [-0.05, 0) is 19.4 Å². The fraction of sp³-hybridized carbons (Fsp3) is 0.375. The van der Waals surface area contributed by atoms with Crippen LogP contribution in [0.2, 0.25) is 0 Å². The van der Waals surface area contributed by atoms with Crippen LogP contribution in [0.1, 0.15) is 24.4 Å². The van der Waals surface area contributed by atoms with E-state index in [1.165, 1.54) is 5.56 Å². The van der Waals surface area contributed by atoms with Crippen LogP contribution in [0.4, 0.5) is 5.82 Å². The zero-order valence-electron chi connectivity index (χ0n) is 12.7. The minimum Gasteiger partial charge on any atom is -0.475 e. The van der Waals surface area contributed by atoms with Crippen molar-refractivity contribution in [2.24, 2.45) is 0 Å². The lowest BCUT2D eigenvalue weighted by Gasteiger charge is -2.16. The van der Waals surface area contributed by atoms with E-state index in [9.17, 15) is 0 Å². The van der Waals surface area contributed by atoms with Crippen LogP contribution in [-0.4, -0.2) is 30.3 Å². The van der Waals surface area contributed by atoms with E-state index < -0.39 is 0 Å². The average molecular weight is 287 g/mol. The van der Waals surface area contributed by atoms with E-state index in [1.807, 2.05) is 31.2 Å². The first-order chi connectivity index (χ1) is 10.2. The second-order valence-electron chi connectivity index (χ2n) is 4.76. The summed E-state index contributed by atoms with van der Waals surface area (Å²) in [5.41, 5.74) is 1.20. The van der Waals surface area contributed by atoms with Crippen LogP contribution in [-0.2, 0) is 4.74 Å². The molecule has 112 valence electrons. The largest absolute Gasteiger partial charge is 0.475 e. The number of rotatable bonds is 7. The topological polar surface area (TPSA) is 56.3 Å². The van der Waals surface area contributed by atoms with Crippen molar-refractivity contribution in [1.29, 1.82) is 0 Å². The molecule has 5 heteroatoms. The van der Waals surface area contributed by atoms with Crippen molar-refractivity contribution in [1.82, 2.24) is 9.97 Å². The van der Waals surface area contributed by atoms with Crippen molar-refractivity contribution in [2.45, 2.75) is 19.9 Å². The number of nitrogens with zero attached hydrogens (tertiary/aromatic N) is 2. The van der Waals surface area contributed by atoms with Crippen molar-refractivity contribution in [3.8, 4) is 5.88 Å². The number of ether oxygens (including phenoxy) is 2. The SMILES string of the molecule is COCCOc1cc(NC(C)c2ccccc2)nc(C)n1. The van der Waals surface area contributed by atoms with Gasteiger partial charge >= 0.3 is 0 Å². The fourth-order valence-corrected chi connectivity index (χ4v) is 1.96. The normalized spacial score (nSPS) is 12.0. The zero-order valence-corrected chi connectivity index (χ0v) is 12.7. The molecule has 0 radical (unpaired) electrons. The molecule has 0 spiro atoms. The first-order valence-electron chi connectivity index (χ1n) is 6.98. The zero-order chi connectivity index (χ0) is 15.1. The molecule has 0 aliphatic carbocycles. The molecule has 0 fully saturated rings. The Hall–Kier alpha value is -2.14. The number of nitrogens with one attached hydrogen (secondary N) is 1.